The van der Waals surface area contributed by atoms with E-state index in [1.54, 1.807) is 0 Å². The predicted molar refractivity (Wildman–Crippen MR) is 50.1 cm³/mol. The minimum absolute atomic E-state index is 0.0545. The molecular formula is C9H11NO5. The molecule has 0 saturated heterocycles. The Morgan fingerprint density at radius 2 is 2.00 bits per heavy atom. The Kier molecular flexibility index (Phi) is 3.48. The second kappa shape index (κ2) is 4.63. The number of aromatic hydroxyl groups is 1. The maximum Gasteiger partial charge on any atom is 0.303 e. The van der Waals surface area contributed by atoms with Crippen LogP contribution in [0.15, 0.2) is 18.2 Å². The number of carboxylic acid groups (broad SMARTS) is 1. The number of aliphatic carboxylic acids is 1. The molecule has 0 aliphatic carbocycles. The van der Waals surface area contributed by atoms with Gasteiger partial charge < -0.3 is 10.2 Å². The summed E-state index contributed by atoms with van der Waals surface area (Å²) < 4.78 is 0. The average molecular weight is 213 g/mol. The van der Waals surface area contributed by atoms with E-state index in [1.807, 2.05) is 0 Å². The van der Waals surface area contributed by atoms with E-state index in [2.05, 4.69) is 0 Å². The van der Waals surface area contributed by atoms with Crippen LogP contribution in [0, 0.1) is 0 Å². The summed E-state index contributed by atoms with van der Waals surface area (Å²) in [6, 6.07) is 4.09. The first-order valence-electron chi connectivity index (χ1n) is 4.22. The molecule has 0 spiro atoms. The molecule has 6 nitrogen and oxygen atoms in total. The molecule has 0 heterocycles. The van der Waals surface area contributed by atoms with Crippen LogP contribution in [0.4, 0.5) is 5.69 Å². The molecule has 1 aromatic rings. The van der Waals surface area contributed by atoms with Gasteiger partial charge in [-0.05, 0) is 24.1 Å². The third kappa shape index (κ3) is 3.12. The smallest absolute Gasteiger partial charge is 0.303 e. The largest absolute Gasteiger partial charge is 0.506 e. The third-order valence-electron chi connectivity index (χ3n) is 1.88. The van der Waals surface area contributed by atoms with Gasteiger partial charge in [0.05, 0.1) is 0 Å². The van der Waals surface area contributed by atoms with Gasteiger partial charge in [0.15, 0.2) is 0 Å². The lowest BCUT2D eigenvalue weighted by molar-refractivity contribution is -0.136. The normalized spacial score (nSPS) is 10.0. The lowest BCUT2D eigenvalue weighted by Gasteiger charge is -2.11. The van der Waals surface area contributed by atoms with E-state index in [-0.39, 0.29) is 29.5 Å². The second-order valence-corrected chi connectivity index (χ2v) is 3.01. The van der Waals surface area contributed by atoms with Crippen molar-refractivity contribution in [2.45, 2.75) is 12.8 Å². The molecule has 0 aromatic heterocycles. The number of carbonyl (C=O) groups is 1. The minimum Gasteiger partial charge on any atom is -0.506 e. The molecule has 0 saturated carbocycles. The number of benzene rings is 1. The van der Waals surface area contributed by atoms with Crippen molar-refractivity contribution in [1.82, 2.24) is 0 Å². The maximum atomic E-state index is 10.3. The first-order valence-corrected chi connectivity index (χ1v) is 4.22. The molecule has 0 aliphatic heterocycles. The molecule has 0 atom stereocenters. The van der Waals surface area contributed by atoms with Crippen molar-refractivity contribution in [3.8, 4) is 5.75 Å². The van der Waals surface area contributed by atoms with Crippen LogP contribution in [0.3, 0.4) is 0 Å². The fourth-order valence-corrected chi connectivity index (χ4v) is 1.14. The van der Waals surface area contributed by atoms with Crippen LogP contribution in [0.25, 0.3) is 0 Å². The molecule has 0 unspecified atom stereocenters. The number of hydrogen-bond donors (Lipinski definition) is 4. The van der Waals surface area contributed by atoms with Crippen molar-refractivity contribution in [2.75, 3.05) is 5.23 Å². The Bertz CT molecular complexity index is 364. The van der Waals surface area contributed by atoms with E-state index >= 15 is 0 Å². The van der Waals surface area contributed by atoms with Gasteiger partial charge in [-0.1, -0.05) is 6.07 Å². The molecule has 6 heteroatoms. The summed E-state index contributed by atoms with van der Waals surface area (Å²) >= 11 is 0. The molecule has 4 N–H and O–H groups in total. The zero-order chi connectivity index (χ0) is 11.4. The molecule has 0 amide bonds. The molecular weight excluding hydrogens is 202 g/mol. The first-order chi connectivity index (χ1) is 7.00. The van der Waals surface area contributed by atoms with Gasteiger partial charge in [-0.15, -0.1) is 5.23 Å². The summed E-state index contributed by atoms with van der Waals surface area (Å²) in [5.41, 5.74) is 0.413. The number of phenols is 1. The number of rotatable bonds is 4. The zero-order valence-electron chi connectivity index (χ0n) is 7.79. The molecule has 1 rings (SSSR count). The summed E-state index contributed by atoms with van der Waals surface area (Å²) in [5, 5.41) is 34.9. The van der Waals surface area contributed by atoms with E-state index in [9.17, 15) is 9.90 Å². The number of aryl methyl sites for hydroxylation is 1. The van der Waals surface area contributed by atoms with Gasteiger partial charge in [-0.3, -0.25) is 15.2 Å². The zero-order valence-corrected chi connectivity index (χ0v) is 7.79. The van der Waals surface area contributed by atoms with Crippen LogP contribution in [0.2, 0.25) is 0 Å². The quantitative estimate of drug-likeness (QED) is 0.556. The van der Waals surface area contributed by atoms with E-state index in [4.69, 9.17) is 15.5 Å². The number of phenolic OH excluding ortho intramolecular Hbond substituents is 1. The summed E-state index contributed by atoms with van der Waals surface area (Å²) in [7, 11) is 0. The van der Waals surface area contributed by atoms with Crippen molar-refractivity contribution < 1.29 is 25.4 Å². The Hall–Kier alpha value is -1.79. The minimum atomic E-state index is -0.936. The van der Waals surface area contributed by atoms with Crippen LogP contribution < -0.4 is 5.23 Å². The van der Waals surface area contributed by atoms with Gasteiger partial charge in [0.1, 0.15) is 11.4 Å². The highest BCUT2D eigenvalue weighted by atomic mass is 16.8. The van der Waals surface area contributed by atoms with Crippen LogP contribution in [0.5, 0.6) is 5.75 Å². The van der Waals surface area contributed by atoms with Crippen LogP contribution >= 0.6 is 0 Å². The third-order valence-corrected chi connectivity index (χ3v) is 1.88. The Labute approximate surface area is 85.5 Å². The van der Waals surface area contributed by atoms with Crippen LogP contribution in [-0.4, -0.2) is 26.6 Å². The predicted octanol–water partition coefficient (Wildman–Crippen LogP) is 0.994. The van der Waals surface area contributed by atoms with Crippen LogP contribution in [-0.2, 0) is 11.2 Å². The SMILES string of the molecule is O=C(O)CCc1ccc(O)c(N(O)O)c1. The lowest BCUT2D eigenvalue weighted by atomic mass is 10.1. The highest BCUT2D eigenvalue weighted by molar-refractivity contribution is 5.67. The summed E-state index contributed by atoms with van der Waals surface area (Å²) in [4.78, 5) is 10.3. The highest BCUT2D eigenvalue weighted by Gasteiger charge is 2.08. The molecule has 0 aliphatic rings. The fourth-order valence-electron chi connectivity index (χ4n) is 1.14. The Balaban J connectivity index is 2.83. The van der Waals surface area contributed by atoms with E-state index in [0.717, 1.165) is 0 Å². The van der Waals surface area contributed by atoms with Gasteiger partial charge in [0.25, 0.3) is 0 Å². The summed E-state index contributed by atoms with van der Waals surface area (Å²) in [6.07, 6.45) is 0.206. The van der Waals surface area contributed by atoms with Gasteiger partial charge >= 0.3 is 5.97 Å². The molecule has 0 fully saturated rings. The Morgan fingerprint density at radius 1 is 1.33 bits per heavy atom. The molecule has 82 valence electrons. The van der Waals surface area contributed by atoms with E-state index in [0.29, 0.717) is 5.56 Å². The number of hydrogen-bond acceptors (Lipinski definition) is 5. The molecule has 0 radical (unpaired) electrons. The molecule has 0 bridgehead atoms. The van der Waals surface area contributed by atoms with Gasteiger partial charge in [-0.2, -0.15) is 0 Å². The van der Waals surface area contributed by atoms with Crippen molar-refractivity contribution in [3.63, 3.8) is 0 Å². The van der Waals surface area contributed by atoms with Crippen molar-refractivity contribution in [2.24, 2.45) is 0 Å². The maximum absolute atomic E-state index is 10.3. The number of anilines is 1. The monoisotopic (exact) mass is 213 g/mol. The van der Waals surface area contributed by atoms with E-state index in [1.165, 1.54) is 18.2 Å². The highest BCUT2D eigenvalue weighted by Crippen LogP contribution is 2.26. The second-order valence-electron chi connectivity index (χ2n) is 3.01. The van der Waals surface area contributed by atoms with Crippen molar-refractivity contribution in [3.05, 3.63) is 23.8 Å². The Morgan fingerprint density at radius 3 is 2.53 bits per heavy atom. The van der Waals surface area contributed by atoms with Crippen molar-refractivity contribution in [1.29, 1.82) is 0 Å². The van der Waals surface area contributed by atoms with Crippen molar-refractivity contribution >= 4 is 11.7 Å². The topological polar surface area (TPSA) is 101 Å². The average Bonchev–Trinajstić information content (AvgIpc) is 2.16. The first kappa shape index (κ1) is 11.3. The van der Waals surface area contributed by atoms with Gasteiger partial charge in [-0.25, -0.2) is 0 Å². The molecule has 15 heavy (non-hydrogen) atoms. The number of nitrogens with zero attached hydrogens (tertiary/aromatic N) is 1. The van der Waals surface area contributed by atoms with E-state index < -0.39 is 5.97 Å². The van der Waals surface area contributed by atoms with Gasteiger partial charge in [0.2, 0.25) is 0 Å². The summed E-state index contributed by atoms with van der Waals surface area (Å²) in [6.45, 7) is 0. The van der Waals surface area contributed by atoms with Gasteiger partial charge in [0, 0.05) is 6.42 Å². The molecule has 1 aromatic carbocycles. The lowest BCUT2D eigenvalue weighted by Crippen LogP contribution is -2.11. The summed E-state index contributed by atoms with van der Waals surface area (Å²) in [5.74, 6) is -1.23. The number of carboxylic acids is 1. The fraction of sp³-hybridized carbons (Fsp3) is 0.222. The van der Waals surface area contributed by atoms with Crippen LogP contribution in [0.1, 0.15) is 12.0 Å². The standard InChI is InChI=1S/C9H11NO5/c11-8-3-1-6(2-4-9(12)13)5-7(8)10(14)15/h1,3,5,11,14-15H,2,4H2,(H,12,13).